The van der Waals surface area contributed by atoms with Crippen LogP contribution in [-0.4, -0.2) is 51.2 Å². The van der Waals surface area contributed by atoms with Crippen LogP contribution >= 0.6 is 7.52 Å². The van der Waals surface area contributed by atoms with Crippen LogP contribution in [0, 0.1) is 5.92 Å². The first-order chi connectivity index (χ1) is 19.0. The van der Waals surface area contributed by atoms with E-state index >= 15 is 0 Å². The molecule has 1 aromatic rings. The Morgan fingerprint density at radius 1 is 1.27 bits per heavy atom. The van der Waals surface area contributed by atoms with E-state index in [4.69, 9.17) is 14.0 Å². The quantitative estimate of drug-likeness (QED) is 0.122. The number of carbonyl (C=O) groups excluding carboxylic acids is 2. The Bertz CT molecular complexity index is 1190. The Morgan fingerprint density at radius 3 is 2.49 bits per heavy atom. The van der Waals surface area contributed by atoms with Crippen LogP contribution in [0.4, 0.5) is 4.79 Å². The summed E-state index contributed by atoms with van der Waals surface area (Å²) in [4.78, 5) is 25.7. The predicted molar refractivity (Wildman–Crippen MR) is 170 cm³/mol. The molecular formula is C30H48B2NO7P. The van der Waals surface area contributed by atoms with Crippen molar-refractivity contribution in [2.24, 2.45) is 5.92 Å². The number of ether oxygens (including phenoxy) is 2. The smallest absolute Gasteiger partial charge is 0.424 e. The van der Waals surface area contributed by atoms with Gasteiger partial charge in [-0.1, -0.05) is 48.8 Å². The lowest BCUT2D eigenvalue weighted by atomic mass is 9.54. The number of phenols is 1. The van der Waals surface area contributed by atoms with Gasteiger partial charge in [-0.15, -0.1) is 0 Å². The molecule has 4 atom stereocenters. The second-order valence-corrected chi connectivity index (χ2v) is 14.6. The highest BCUT2D eigenvalue weighted by molar-refractivity contribution is 7.74. The average Bonchev–Trinajstić information content (AvgIpc) is 2.82. The molecule has 0 radical (unpaired) electrons. The number of aryl methyl sites for hydroxylation is 1. The summed E-state index contributed by atoms with van der Waals surface area (Å²) in [6.45, 7) is 16.8. The highest BCUT2D eigenvalue weighted by Crippen LogP contribution is 2.52. The highest BCUT2D eigenvalue weighted by atomic mass is 31.2. The lowest BCUT2D eigenvalue weighted by Crippen LogP contribution is -2.37. The van der Waals surface area contributed by atoms with Crippen molar-refractivity contribution in [2.75, 3.05) is 6.61 Å². The molecule has 0 heterocycles. The van der Waals surface area contributed by atoms with Crippen molar-refractivity contribution in [1.82, 2.24) is 5.09 Å². The number of aromatic hydroxyl groups is 1. The third-order valence-electron chi connectivity index (χ3n) is 7.09. The van der Waals surface area contributed by atoms with E-state index < -0.39 is 31.3 Å². The molecule has 1 aliphatic carbocycles. The van der Waals surface area contributed by atoms with Gasteiger partial charge in [0.1, 0.15) is 17.5 Å². The number of rotatable bonds is 14. The summed E-state index contributed by atoms with van der Waals surface area (Å²) in [5, 5.41) is 14.2. The van der Waals surface area contributed by atoms with Crippen molar-refractivity contribution >= 4 is 34.9 Å². The van der Waals surface area contributed by atoms with Gasteiger partial charge in [-0.25, -0.2) is 14.4 Å². The first-order valence-electron chi connectivity index (χ1n) is 14.6. The molecule has 0 saturated heterocycles. The SMILES string of the molecule is BC(B)(C)CCCc1cc(O)c(C2C=C(C)CCC2C(=C)C)c(OP(=O)(NC(C)C(=O)OC(C)C)C(=O)OCC)c1. The molecule has 0 amide bonds. The topological polar surface area (TPSA) is 111 Å². The highest BCUT2D eigenvalue weighted by Gasteiger charge is 2.42. The van der Waals surface area contributed by atoms with Gasteiger partial charge in [0, 0.05) is 11.5 Å². The number of benzene rings is 1. The van der Waals surface area contributed by atoms with E-state index in [1.54, 1.807) is 32.9 Å². The van der Waals surface area contributed by atoms with Crippen LogP contribution in [-0.2, 0) is 25.3 Å². The first-order valence-corrected chi connectivity index (χ1v) is 16.2. The van der Waals surface area contributed by atoms with Gasteiger partial charge in [-0.05, 0) is 84.4 Å². The maximum Gasteiger partial charge on any atom is 0.424 e. The van der Waals surface area contributed by atoms with E-state index in [0.717, 1.165) is 42.4 Å². The first kappa shape index (κ1) is 34.8. The minimum Gasteiger partial charge on any atom is -0.507 e. The molecule has 0 spiro atoms. The molecule has 0 bridgehead atoms. The molecule has 8 nitrogen and oxygen atoms in total. The summed E-state index contributed by atoms with van der Waals surface area (Å²) in [6, 6.07) is 2.35. The van der Waals surface area contributed by atoms with Crippen LogP contribution in [0.15, 0.2) is 35.9 Å². The van der Waals surface area contributed by atoms with Crippen molar-refractivity contribution in [2.45, 2.75) is 104 Å². The van der Waals surface area contributed by atoms with Gasteiger partial charge in [-0.2, -0.15) is 0 Å². The number of allylic oxidation sites excluding steroid dienone is 3. The number of esters is 1. The molecule has 2 rings (SSSR count). The molecule has 1 aromatic carbocycles. The molecule has 2 N–H and O–H groups in total. The minimum absolute atomic E-state index is 0.00173. The lowest BCUT2D eigenvalue weighted by molar-refractivity contribution is -0.149. The van der Waals surface area contributed by atoms with Crippen molar-refractivity contribution in [3.63, 3.8) is 0 Å². The monoisotopic (exact) mass is 587 g/mol. The third-order valence-corrected chi connectivity index (χ3v) is 8.88. The normalized spacial score (nSPS) is 19.6. The van der Waals surface area contributed by atoms with Crippen molar-refractivity contribution in [1.29, 1.82) is 0 Å². The zero-order chi connectivity index (χ0) is 31.1. The minimum atomic E-state index is -4.50. The Hall–Kier alpha value is -2.44. The van der Waals surface area contributed by atoms with Gasteiger partial charge < -0.3 is 19.1 Å². The molecule has 11 heteroatoms. The molecule has 0 aliphatic heterocycles. The molecule has 0 fully saturated rings. The molecule has 4 unspecified atom stereocenters. The van der Waals surface area contributed by atoms with E-state index in [-0.39, 0.29) is 35.2 Å². The van der Waals surface area contributed by atoms with Crippen molar-refractivity contribution < 1.29 is 33.3 Å². The second-order valence-electron chi connectivity index (χ2n) is 12.6. The average molecular weight is 587 g/mol. The summed E-state index contributed by atoms with van der Waals surface area (Å²) in [6.07, 6.45) is 5.89. The number of hydrogen-bond donors (Lipinski definition) is 2. The summed E-state index contributed by atoms with van der Waals surface area (Å²) in [5.41, 5.74) is 2.22. The van der Waals surface area contributed by atoms with E-state index in [2.05, 4.69) is 40.4 Å². The Kier molecular flexibility index (Phi) is 12.4. The van der Waals surface area contributed by atoms with Gasteiger partial charge in [0.25, 0.3) is 0 Å². The maximum atomic E-state index is 14.2. The zero-order valence-electron chi connectivity index (χ0n) is 26.3. The van der Waals surface area contributed by atoms with Crippen LogP contribution in [0.3, 0.4) is 0 Å². The summed E-state index contributed by atoms with van der Waals surface area (Å²) in [5.74, 6) is -0.864. The molecule has 41 heavy (non-hydrogen) atoms. The summed E-state index contributed by atoms with van der Waals surface area (Å²) in [7, 11) is -0.155. The van der Waals surface area contributed by atoms with Crippen LogP contribution in [0.2, 0.25) is 5.21 Å². The summed E-state index contributed by atoms with van der Waals surface area (Å²) >= 11 is 0. The van der Waals surface area contributed by atoms with Crippen LogP contribution in [0.25, 0.3) is 0 Å². The largest absolute Gasteiger partial charge is 0.507 e. The van der Waals surface area contributed by atoms with Gasteiger partial charge in [0.15, 0.2) is 0 Å². The van der Waals surface area contributed by atoms with Crippen LogP contribution in [0.1, 0.15) is 91.2 Å². The Morgan fingerprint density at radius 2 is 1.93 bits per heavy atom. The van der Waals surface area contributed by atoms with E-state index in [0.29, 0.717) is 12.0 Å². The number of phenolic OH excluding ortho intramolecular Hbond substituents is 1. The summed E-state index contributed by atoms with van der Waals surface area (Å²) < 4.78 is 30.7. The van der Waals surface area contributed by atoms with Gasteiger partial charge in [0.05, 0.1) is 28.4 Å². The van der Waals surface area contributed by atoms with E-state index in [1.165, 1.54) is 6.92 Å². The second kappa shape index (κ2) is 14.6. The fraction of sp³-hybridized carbons (Fsp3) is 0.600. The fourth-order valence-electron chi connectivity index (χ4n) is 5.06. The number of nitrogens with one attached hydrogen (secondary N) is 1. The zero-order valence-corrected chi connectivity index (χ0v) is 27.2. The van der Waals surface area contributed by atoms with E-state index in [1.807, 2.05) is 13.8 Å². The van der Waals surface area contributed by atoms with Crippen molar-refractivity contribution in [3.05, 3.63) is 47.1 Å². The number of carbonyl (C=O) groups is 2. The van der Waals surface area contributed by atoms with Crippen LogP contribution < -0.4 is 9.61 Å². The van der Waals surface area contributed by atoms with Gasteiger partial charge in [0.2, 0.25) is 0 Å². The predicted octanol–water partition coefficient (Wildman–Crippen LogP) is 5.79. The molecule has 226 valence electrons. The van der Waals surface area contributed by atoms with Gasteiger partial charge >= 0.3 is 19.2 Å². The van der Waals surface area contributed by atoms with Gasteiger partial charge in [-0.3, -0.25) is 4.79 Å². The van der Waals surface area contributed by atoms with Crippen molar-refractivity contribution in [3.8, 4) is 11.5 Å². The number of hydrogen-bond acceptors (Lipinski definition) is 7. The third kappa shape index (κ3) is 10.1. The van der Waals surface area contributed by atoms with Crippen LogP contribution in [0.5, 0.6) is 11.5 Å². The molecule has 1 aliphatic rings. The molecular weight excluding hydrogens is 539 g/mol. The lowest BCUT2D eigenvalue weighted by Gasteiger charge is -2.33. The van der Waals surface area contributed by atoms with E-state index in [9.17, 15) is 19.3 Å². The standard InChI is InChI=1S/C30H48B2NO7P/c1-9-38-29(36)41(37,33-21(7)28(35)39-19(4)5)40-26-17-22(11-10-14-30(8,31)32)16-25(34)27(26)24-15-20(6)12-13-23(24)18(2)3/h15-17,19,21,23-24,34H,2,9-14,31-32H2,1,3-8H3,(H,33,37). The Labute approximate surface area is 248 Å². The maximum absolute atomic E-state index is 14.2. The molecule has 0 aromatic heterocycles. The Balaban J connectivity index is 2.66. The fourth-order valence-corrected chi connectivity index (χ4v) is 6.63. The molecule has 0 saturated carbocycles.